The number of benzene rings is 3. The Bertz CT molecular complexity index is 1240. The molecule has 0 fully saturated rings. The minimum absolute atomic E-state index is 0.0269. The van der Waals surface area contributed by atoms with Gasteiger partial charge in [0.2, 0.25) is 0 Å². The van der Waals surface area contributed by atoms with Crippen LogP contribution in [0.15, 0.2) is 66.7 Å². The number of hydrogen-bond donors (Lipinski definition) is 1. The summed E-state index contributed by atoms with van der Waals surface area (Å²) in [5.41, 5.74) is 4.44. The van der Waals surface area contributed by atoms with Crippen LogP contribution < -0.4 is 4.74 Å². The summed E-state index contributed by atoms with van der Waals surface area (Å²) in [6.07, 6.45) is 0. The molecule has 0 atom stereocenters. The summed E-state index contributed by atoms with van der Waals surface area (Å²) in [6.45, 7) is 5.69. The lowest BCUT2D eigenvalue weighted by Gasteiger charge is -2.11. The molecule has 0 amide bonds. The summed E-state index contributed by atoms with van der Waals surface area (Å²) in [7, 11) is 0. The maximum Gasteiger partial charge on any atom is 0.302 e. The molecule has 1 aromatic heterocycles. The van der Waals surface area contributed by atoms with Gasteiger partial charge in [0, 0.05) is 24.1 Å². The zero-order valence-electron chi connectivity index (χ0n) is 19.3. The molecule has 1 heterocycles. The number of rotatable bonds is 7. The van der Waals surface area contributed by atoms with E-state index in [1.165, 1.54) is 13.0 Å². The van der Waals surface area contributed by atoms with Gasteiger partial charge in [0.25, 0.3) is 0 Å². The smallest absolute Gasteiger partial charge is 0.302 e. The number of phenols is 1. The summed E-state index contributed by atoms with van der Waals surface area (Å²) < 4.78 is 10.4. The number of ether oxygens (including phenoxy) is 2. The molecule has 4 rings (SSSR count). The second-order valence-electron chi connectivity index (χ2n) is 7.91. The monoisotopic (exact) mass is 455 g/mol. The molecule has 0 unspecified atom stereocenters. The summed E-state index contributed by atoms with van der Waals surface area (Å²) in [5.74, 6) is 1.43. The van der Waals surface area contributed by atoms with Gasteiger partial charge in [0.1, 0.15) is 24.7 Å². The number of nitrogens with zero attached hydrogens (tertiary/aromatic N) is 3. The minimum atomic E-state index is -0.370. The average Bonchev–Trinajstić information content (AvgIpc) is 2.82. The Labute approximate surface area is 198 Å². The van der Waals surface area contributed by atoms with Crippen molar-refractivity contribution in [3.63, 3.8) is 0 Å². The molecular weight excluding hydrogens is 430 g/mol. The highest BCUT2D eigenvalue weighted by molar-refractivity contribution is 5.70. The number of carbonyl (C=O) groups is 1. The molecule has 0 aliphatic carbocycles. The van der Waals surface area contributed by atoms with Crippen LogP contribution in [0.25, 0.3) is 34.2 Å². The van der Waals surface area contributed by atoms with Gasteiger partial charge in [0.05, 0.1) is 5.56 Å². The quantitative estimate of drug-likeness (QED) is 0.305. The van der Waals surface area contributed by atoms with Gasteiger partial charge >= 0.3 is 5.97 Å². The third kappa shape index (κ3) is 5.56. The fourth-order valence-corrected chi connectivity index (χ4v) is 3.30. The van der Waals surface area contributed by atoms with Crippen LogP contribution in [0.3, 0.4) is 0 Å². The van der Waals surface area contributed by atoms with E-state index in [2.05, 4.69) is 9.97 Å². The van der Waals surface area contributed by atoms with E-state index in [9.17, 15) is 9.90 Å². The van der Waals surface area contributed by atoms with Crippen molar-refractivity contribution < 1.29 is 19.4 Å². The first-order valence-electron chi connectivity index (χ1n) is 10.9. The Balaban J connectivity index is 1.71. The van der Waals surface area contributed by atoms with E-state index in [4.69, 9.17) is 14.5 Å². The van der Waals surface area contributed by atoms with Crippen molar-refractivity contribution >= 4 is 5.97 Å². The number of esters is 1. The average molecular weight is 456 g/mol. The van der Waals surface area contributed by atoms with Gasteiger partial charge in [0.15, 0.2) is 17.5 Å². The maximum atomic E-state index is 10.9. The lowest BCUT2D eigenvalue weighted by atomic mass is 10.1. The predicted octanol–water partition coefficient (Wildman–Crippen LogP) is 5.14. The highest BCUT2D eigenvalue weighted by atomic mass is 16.6. The fourth-order valence-electron chi connectivity index (χ4n) is 3.30. The molecule has 1 N–H and O–H groups in total. The summed E-state index contributed by atoms with van der Waals surface area (Å²) in [6, 6.07) is 20.8. The molecule has 0 saturated carbocycles. The number of carbonyl (C=O) groups excluding carboxylic acids is 1. The lowest BCUT2D eigenvalue weighted by molar-refractivity contribution is -0.141. The summed E-state index contributed by atoms with van der Waals surface area (Å²) in [5, 5.41) is 10.7. The molecule has 4 aromatic rings. The van der Waals surface area contributed by atoms with Crippen LogP contribution in [0, 0.1) is 13.8 Å². The van der Waals surface area contributed by atoms with Crippen LogP contribution in [0.5, 0.6) is 11.5 Å². The van der Waals surface area contributed by atoms with Gasteiger partial charge in [-0.1, -0.05) is 59.7 Å². The Morgan fingerprint density at radius 1 is 0.765 bits per heavy atom. The molecule has 0 spiro atoms. The van der Waals surface area contributed by atoms with E-state index in [1.807, 2.05) is 62.4 Å². The van der Waals surface area contributed by atoms with Crippen molar-refractivity contribution in [2.24, 2.45) is 0 Å². The molecule has 0 aliphatic rings. The SMILES string of the molecule is CC(=O)OCCOc1ccc(-c2nc(-c3ccc(C)cc3)nc(-c3ccc(C)cc3)n2)c(O)c1. The van der Waals surface area contributed by atoms with Crippen LogP contribution in [-0.4, -0.2) is 39.2 Å². The number of aryl methyl sites for hydroxylation is 2. The molecular formula is C27H25N3O4. The van der Waals surface area contributed by atoms with E-state index >= 15 is 0 Å². The van der Waals surface area contributed by atoms with Crippen LogP contribution in [0.4, 0.5) is 0 Å². The zero-order chi connectivity index (χ0) is 24.1. The lowest BCUT2D eigenvalue weighted by Crippen LogP contribution is -2.09. The van der Waals surface area contributed by atoms with E-state index in [1.54, 1.807) is 12.1 Å². The van der Waals surface area contributed by atoms with Crippen LogP contribution in [0.2, 0.25) is 0 Å². The maximum absolute atomic E-state index is 10.9. The Hall–Kier alpha value is -4.26. The van der Waals surface area contributed by atoms with Crippen molar-refractivity contribution in [3.05, 3.63) is 77.9 Å². The van der Waals surface area contributed by atoms with E-state index in [0.29, 0.717) is 28.8 Å². The molecule has 3 aromatic carbocycles. The van der Waals surface area contributed by atoms with Crippen molar-refractivity contribution in [1.29, 1.82) is 0 Å². The zero-order valence-corrected chi connectivity index (χ0v) is 19.3. The molecule has 7 nitrogen and oxygen atoms in total. The van der Waals surface area contributed by atoms with Gasteiger partial charge in [-0.3, -0.25) is 4.79 Å². The topological polar surface area (TPSA) is 94.4 Å². The van der Waals surface area contributed by atoms with Gasteiger partial charge in [-0.25, -0.2) is 15.0 Å². The second kappa shape index (κ2) is 10.1. The number of aromatic nitrogens is 3. The van der Waals surface area contributed by atoms with Crippen LogP contribution in [0.1, 0.15) is 18.1 Å². The first-order valence-corrected chi connectivity index (χ1v) is 10.9. The summed E-state index contributed by atoms with van der Waals surface area (Å²) in [4.78, 5) is 24.9. The number of phenolic OH excluding ortho intramolecular Hbond substituents is 1. The first kappa shape index (κ1) is 22.9. The van der Waals surface area contributed by atoms with Gasteiger partial charge < -0.3 is 14.6 Å². The largest absolute Gasteiger partial charge is 0.507 e. The van der Waals surface area contributed by atoms with Crippen LogP contribution >= 0.6 is 0 Å². The van der Waals surface area contributed by atoms with Crippen molar-refractivity contribution in [2.75, 3.05) is 13.2 Å². The molecule has 34 heavy (non-hydrogen) atoms. The van der Waals surface area contributed by atoms with Crippen molar-refractivity contribution in [3.8, 4) is 45.7 Å². The minimum Gasteiger partial charge on any atom is -0.507 e. The number of hydrogen-bond acceptors (Lipinski definition) is 7. The van der Waals surface area contributed by atoms with E-state index < -0.39 is 0 Å². The highest BCUT2D eigenvalue weighted by Crippen LogP contribution is 2.32. The van der Waals surface area contributed by atoms with Gasteiger partial charge in [-0.05, 0) is 26.0 Å². The van der Waals surface area contributed by atoms with Crippen LogP contribution in [-0.2, 0) is 9.53 Å². The molecule has 0 bridgehead atoms. The Morgan fingerprint density at radius 3 is 1.79 bits per heavy atom. The van der Waals surface area contributed by atoms with Gasteiger partial charge in [-0.15, -0.1) is 0 Å². The molecule has 0 aliphatic heterocycles. The van der Waals surface area contributed by atoms with Crippen molar-refractivity contribution in [2.45, 2.75) is 20.8 Å². The standard InChI is InChI=1S/C27H25N3O4/c1-17-4-8-20(9-5-17)25-28-26(21-10-6-18(2)7-11-21)30-27(29-25)23-13-12-22(16-24(23)32)34-15-14-33-19(3)31/h4-13,16,32H,14-15H2,1-3H3. The van der Waals surface area contributed by atoms with Crippen molar-refractivity contribution in [1.82, 2.24) is 15.0 Å². The summed E-state index contributed by atoms with van der Waals surface area (Å²) >= 11 is 0. The Morgan fingerprint density at radius 2 is 1.29 bits per heavy atom. The third-order valence-electron chi connectivity index (χ3n) is 5.12. The predicted molar refractivity (Wildman–Crippen MR) is 129 cm³/mol. The first-order chi connectivity index (χ1) is 16.4. The highest BCUT2D eigenvalue weighted by Gasteiger charge is 2.15. The molecule has 172 valence electrons. The Kier molecular flexibility index (Phi) is 6.82. The van der Waals surface area contributed by atoms with E-state index in [0.717, 1.165) is 22.3 Å². The number of aromatic hydroxyl groups is 1. The van der Waals surface area contributed by atoms with E-state index in [-0.39, 0.29) is 24.9 Å². The second-order valence-corrected chi connectivity index (χ2v) is 7.91. The van der Waals surface area contributed by atoms with Gasteiger partial charge in [-0.2, -0.15) is 0 Å². The molecule has 0 saturated heterocycles. The molecule has 7 heteroatoms. The third-order valence-corrected chi connectivity index (χ3v) is 5.12. The fraction of sp³-hybridized carbons (Fsp3) is 0.185. The molecule has 0 radical (unpaired) electrons. The normalized spacial score (nSPS) is 10.7.